The summed E-state index contributed by atoms with van der Waals surface area (Å²) in [7, 11) is 0. The molecule has 0 aliphatic carbocycles. The van der Waals surface area contributed by atoms with Crippen molar-refractivity contribution >= 4 is 45.1 Å². The molecule has 0 saturated carbocycles. The van der Waals surface area contributed by atoms with Gasteiger partial charge in [-0.3, -0.25) is 19.3 Å². The smallest absolute Gasteiger partial charge is 0.361 e. The Balaban J connectivity index is 1.90. The maximum Gasteiger partial charge on any atom is 0.361 e. The Bertz CT molecular complexity index is 1010. The minimum Gasteiger partial charge on any atom is -0.420 e. The maximum absolute atomic E-state index is 12.7. The number of hydrogen-bond acceptors (Lipinski definition) is 5. The SMILES string of the molecule is O=C1Oc2ccccc2N2C(=O)C(=O)C(C(=O)c3ccc(Br)cc3)=C12. The monoisotopic (exact) mass is 397 g/mol. The van der Waals surface area contributed by atoms with Gasteiger partial charge in [-0.15, -0.1) is 0 Å². The first kappa shape index (κ1) is 15.5. The molecule has 4 rings (SSSR count). The molecule has 1 amide bonds. The normalized spacial score (nSPS) is 15.9. The molecule has 7 heteroatoms. The van der Waals surface area contributed by atoms with E-state index in [2.05, 4.69) is 15.9 Å². The number of amides is 1. The van der Waals surface area contributed by atoms with Gasteiger partial charge in [0.1, 0.15) is 5.57 Å². The number of hydrogen-bond donors (Lipinski definition) is 0. The summed E-state index contributed by atoms with van der Waals surface area (Å²) in [4.78, 5) is 50.9. The van der Waals surface area contributed by atoms with E-state index in [4.69, 9.17) is 4.74 Å². The zero-order valence-corrected chi connectivity index (χ0v) is 14.1. The number of halogens is 1. The minimum atomic E-state index is -1.02. The second kappa shape index (κ2) is 5.49. The summed E-state index contributed by atoms with van der Waals surface area (Å²) in [5.74, 6) is -3.40. The molecule has 0 saturated heterocycles. The summed E-state index contributed by atoms with van der Waals surface area (Å²) in [6.45, 7) is 0. The van der Waals surface area contributed by atoms with Crippen molar-refractivity contribution < 1.29 is 23.9 Å². The fourth-order valence-electron chi connectivity index (χ4n) is 2.79. The molecule has 2 aliphatic rings. The van der Waals surface area contributed by atoms with Crippen LogP contribution in [0.15, 0.2) is 64.3 Å². The largest absolute Gasteiger partial charge is 0.420 e. The zero-order chi connectivity index (χ0) is 17.7. The Hall–Kier alpha value is -3.06. The van der Waals surface area contributed by atoms with E-state index in [1.807, 2.05) is 0 Å². The molecule has 2 heterocycles. The third-order valence-corrected chi connectivity index (χ3v) is 4.45. The lowest BCUT2D eigenvalue weighted by molar-refractivity contribution is -0.133. The van der Waals surface area contributed by atoms with Gasteiger partial charge in [-0.25, -0.2) is 4.79 Å². The maximum atomic E-state index is 12.7. The molecular formula is C18H8BrNO5. The number of ether oxygens (including phenoxy) is 1. The van der Waals surface area contributed by atoms with Crippen LogP contribution in [0, 0.1) is 0 Å². The lowest BCUT2D eigenvalue weighted by Gasteiger charge is -2.25. The predicted octanol–water partition coefficient (Wildman–Crippen LogP) is 2.42. The highest BCUT2D eigenvalue weighted by molar-refractivity contribution is 9.10. The fraction of sp³-hybridized carbons (Fsp3) is 0. The van der Waals surface area contributed by atoms with Crippen molar-refractivity contribution in [1.82, 2.24) is 0 Å². The number of Topliss-reactive ketones (excluding diaryl/α,β-unsaturated/α-hetero) is 2. The predicted molar refractivity (Wildman–Crippen MR) is 90.1 cm³/mol. The van der Waals surface area contributed by atoms with Crippen molar-refractivity contribution in [3.8, 4) is 5.75 Å². The molecule has 2 aliphatic heterocycles. The van der Waals surface area contributed by atoms with Gasteiger partial charge in [0.15, 0.2) is 17.2 Å². The molecule has 25 heavy (non-hydrogen) atoms. The molecule has 0 aromatic heterocycles. The van der Waals surface area contributed by atoms with Gasteiger partial charge >= 0.3 is 11.9 Å². The second-order valence-electron chi connectivity index (χ2n) is 5.39. The van der Waals surface area contributed by atoms with Gasteiger partial charge in [0, 0.05) is 10.0 Å². The van der Waals surface area contributed by atoms with E-state index in [0.29, 0.717) is 0 Å². The van der Waals surface area contributed by atoms with Gasteiger partial charge in [0.05, 0.1) is 5.69 Å². The zero-order valence-electron chi connectivity index (χ0n) is 12.5. The van der Waals surface area contributed by atoms with E-state index < -0.39 is 29.0 Å². The van der Waals surface area contributed by atoms with Gasteiger partial charge in [-0.2, -0.15) is 0 Å². The van der Waals surface area contributed by atoms with Crippen molar-refractivity contribution in [3.05, 3.63) is 69.8 Å². The van der Waals surface area contributed by atoms with Crippen LogP contribution in [0.25, 0.3) is 0 Å². The van der Waals surface area contributed by atoms with Gasteiger partial charge in [0.2, 0.25) is 0 Å². The van der Waals surface area contributed by atoms with Gasteiger partial charge in [0.25, 0.3) is 5.78 Å². The molecule has 0 radical (unpaired) electrons. The molecule has 122 valence electrons. The topological polar surface area (TPSA) is 80.8 Å². The number of benzene rings is 2. The summed E-state index contributed by atoms with van der Waals surface area (Å²) in [6, 6.07) is 12.6. The lowest BCUT2D eigenvalue weighted by Crippen LogP contribution is -2.36. The van der Waals surface area contributed by atoms with Crippen LogP contribution in [0.1, 0.15) is 10.4 Å². The quantitative estimate of drug-likeness (QED) is 0.255. The van der Waals surface area contributed by atoms with Crippen LogP contribution in [-0.2, 0) is 14.4 Å². The Labute approximate surface area is 149 Å². The number of ketones is 2. The number of rotatable bonds is 2. The van der Waals surface area contributed by atoms with Crippen LogP contribution in [-0.4, -0.2) is 23.4 Å². The highest BCUT2D eigenvalue weighted by atomic mass is 79.9. The number of para-hydroxylation sites is 2. The van der Waals surface area contributed by atoms with Crippen LogP contribution in [0.5, 0.6) is 5.75 Å². The van der Waals surface area contributed by atoms with Crippen LogP contribution < -0.4 is 9.64 Å². The van der Waals surface area contributed by atoms with Crippen molar-refractivity contribution in [1.29, 1.82) is 0 Å². The van der Waals surface area contributed by atoms with E-state index in [9.17, 15) is 19.2 Å². The first-order valence-electron chi connectivity index (χ1n) is 7.23. The van der Waals surface area contributed by atoms with E-state index >= 15 is 0 Å². The number of esters is 1. The highest BCUT2D eigenvalue weighted by Gasteiger charge is 2.49. The summed E-state index contributed by atoms with van der Waals surface area (Å²) in [6.07, 6.45) is 0. The summed E-state index contributed by atoms with van der Waals surface area (Å²) in [5, 5.41) is 0. The molecule has 0 unspecified atom stereocenters. The van der Waals surface area contributed by atoms with Crippen LogP contribution in [0.4, 0.5) is 5.69 Å². The number of carbonyl (C=O) groups is 4. The first-order chi connectivity index (χ1) is 12.0. The Morgan fingerprint density at radius 3 is 2.36 bits per heavy atom. The molecule has 2 aromatic rings. The molecule has 6 nitrogen and oxygen atoms in total. The van der Waals surface area contributed by atoms with Crippen molar-refractivity contribution in [2.75, 3.05) is 4.90 Å². The lowest BCUT2D eigenvalue weighted by atomic mass is 10.00. The third-order valence-electron chi connectivity index (χ3n) is 3.92. The Morgan fingerprint density at radius 1 is 0.960 bits per heavy atom. The van der Waals surface area contributed by atoms with Crippen molar-refractivity contribution in [2.45, 2.75) is 0 Å². The molecule has 0 atom stereocenters. The minimum absolute atomic E-state index is 0.162. The van der Waals surface area contributed by atoms with Gasteiger partial charge in [-0.05, 0) is 36.4 Å². The second-order valence-corrected chi connectivity index (χ2v) is 6.30. The average molecular weight is 398 g/mol. The number of carbonyl (C=O) groups excluding carboxylic acids is 4. The molecular weight excluding hydrogens is 390 g/mol. The fourth-order valence-corrected chi connectivity index (χ4v) is 3.05. The van der Waals surface area contributed by atoms with Crippen LogP contribution in [0.2, 0.25) is 0 Å². The Kier molecular flexibility index (Phi) is 3.40. The summed E-state index contributed by atoms with van der Waals surface area (Å²) >= 11 is 3.26. The molecule has 0 bridgehead atoms. The Morgan fingerprint density at radius 2 is 1.64 bits per heavy atom. The first-order valence-corrected chi connectivity index (χ1v) is 8.03. The molecule has 0 fully saturated rings. The van der Waals surface area contributed by atoms with E-state index in [0.717, 1.165) is 9.37 Å². The molecule has 2 aromatic carbocycles. The highest BCUT2D eigenvalue weighted by Crippen LogP contribution is 2.40. The third kappa shape index (κ3) is 2.24. The van der Waals surface area contributed by atoms with E-state index in [-0.39, 0.29) is 22.7 Å². The number of fused-ring (bicyclic) bond motifs is 3. The molecule has 0 N–H and O–H groups in total. The number of anilines is 1. The number of nitrogens with zero attached hydrogens (tertiary/aromatic N) is 1. The molecule has 0 spiro atoms. The summed E-state index contributed by atoms with van der Waals surface area (Å²) < 4.78 is 5.93. The average Bonchev–Trinajstić information content (AvgIpc) is 2.88. The van der Waals surface area contributed by atoms with Crippen molar-refractivity contribution in [2.24, 2.45) is 0 Å². The summed E-state index contributed by atoms with van der Waals surface area (Å²) in [5.41, 5.74) is -0.345. The van der Waals surface area contributed by atoms with E-state index in [1.54, 1.807) is 30.3 Å². The standard InChI is InChI=1S/C18H8BrNO5/c19-10-7-5-9(6-8-10)15(21)13-14-18(24)25-12-4-2-1-3-11(12)20(14)17(23)16(13)22/h1-8H. The van der Waals surface area contributed by atoms with Gasteiger partial charge in [-0.1, -0.05) is 28.1 Å². The van der Waals surface area contributed by atoms with Crippen LogP contribution >= 0.6 is 15.9 Å². The van der Waals surface area contributed by atoms with E-state index in [1.165, 1.54) is 18.2 Å². The van der Waals surface area contributed by atoms with Crippen LogP contribution in [0.3, 0.4) is 0 Å². The van der Waals surface area contributed by atoms with Crippen molar-refractivity contribution in [3.63, 3.8) is 0 Å². The van der Waals surface area contributed by atoms with Gasteiger partial charge < -0.3 is 4.74 Å².